The molecule has 1 saturated carbocycles. The first-order valence-corrected chi connectivity index (χ1v) is 18.0. The maximum Gasteiger partial charge on any atom is 0.410 e. The minimum atomic E-state index is -1.48. The molecule has 2 aromatic rings. The normalized spacial score (nSPS) is 26.2. The largest absolute Gasteiger partial charge is 0.492 e. The van der Waals surface area contributed by atoms with Gasteiger partial charge in [0.15, 0.2) is 0 Å². The van der Waals surface area contributed by atoms with Crippen molar-refractivity contribution >= 4 is 30.0 Å². The molecule has 5 atom stereocenters. The standard InChI is InChI=1S/C37H48N6O9/c1-36(2,3)52-34(48)39-29-11-8-6-4-5-7-10-26-20-37(26,33(46)47)40-31(44)30-19-28(23-43(30)32(29)45)51-35(49)41-21-24-12-13-27(18-25(24)22-41)50-17-16-42-15-9-14-38-42/h7,9-10,12-15,18,26,28-30H,4-6,8,11,16-17,19-23H2,1-3H3,(H,39,48)(H,40,44)(H,46,47)/t26-,28-,29+,30+,37-/m1/s1. The van der Waals surface area contributed by atoms with Crippen LogP contribution in [-0.2, 0) is 43.5 Å². The number of carboxylic acids is 1. The molecule has 6 rings (SSSR count). The van der Waals surface area contributed by atoms with Gasteiger partial charge < -0.3 is 34.9 Å². The molecule has 52 heavy (non-hydrogen) atoms. The van der Waals surface area contributed by atoms with E-state index < -0.39 is 59.3 Å². The number of allylic oxidation sites excluding steroid dienone is 1. The lowest BCUT2D eigenvalue weighted by Crippen LogP contribution is -2.56. The molecule has 1 saturated heterocycles. The lowest BCUT2D eigenvalue weighted by atomic mass is 10.0. The number of hydrogen-bond donors (Lipinski definition) is 3. The minimum Gasteiger partial charge on any atom is -0.492 e. The van der Waals surface area contributed by atoms with Gasteiger partial charge in [-0.1, -0.05) is 31.1 Å². The summed E-state index contributed by atoms with van der Waals surface area (Å²) in [4.78, 5) is 69.7. The van der Waals surface area contributed by atoms with Crippen molar-refractivity contribution in [1.29, 1.82) is 0 Å². The monoisotopic (exact) mass is 720 g/mol. The number of fused-ring (bicyclic) bond motifs is 3. The second-order valence-electron chi connectivity index (χ2n) is 15.0. The van der Waals surface area contributed by atoms with E-state index in [0.717, 1.165) is 30.4 Å². The van der Waals surface area contributed by atoms with Crippen LogP contribution in [0.15, 0.2) is 48.8 Å². The number of hydrogen-bond acceptors (Lipinski definition) is 9. The summed E-state index contributed by atoms with van der Waals surface area (Å²) in [5.41, 5.74) is -0.405. The Kier molecular flexibility index (Phi) is 10.8. The summed E-state index contributed by atoms with van der Waals surface area (Å²) in [5, 5.41) is 19.7. The maximum absolute atomic E-state index is 14.2. The second kappa shape index (κ2) is 15.3. The summed E-state index contributed by atoms with van der Waals surface area (Å²) in [6.45, 7) is 6.69. The van der Waals surface area contributed by atoms with Crippen LogP contribution in [0, 0.1) is 5.92 Å². The molecule has 0 radical (unpaired) electrons. The predicted molar refractivity (Wildman–Crippen MR) is 186 cm³/mol. The number of nitrogens with one attached hydrogen (secondary N) is 2. The van der Waals surface area contributed by atoms with E-state index in [4.69, 9.17) is 14.2 Å². The molecule has 3 N–H and O–H groups in total. The number of amides is 4. The zero-order valence-corrected chi connectivity index (χ0v) is 29.9. The number of rotatable bonds is 7. The van der Waals surface area contributed by atoms with E-state index >= 15 is 0 Å². The van der Waals surface area contributed by atoms with Crippen molar-refractivity contribution in [3.63, 3.8) is 0 Å². The van der Waals surface area contributed by atoms with Gasteiger partial charge in [0.25, 0.3) is 0 Å². The molecule has 0 spiro atoms. The fourth-order valence-corrected chi connectivity index (χ4v) is 7.09. The third-order valence-corrected chi connectivity index (χ3v) is 9.89. The Balaban J connectivity index is 1.15. The molecule has 1 aromatic carbocycles. The lowest BCUT2D eigenvalue weighted by molar-refractivity contribution is -0.145. The van der Waals surface area contributed by atoms with E-state index in [1.807, 2.05) is 42.6 Å². The smallest absolute Gasteiger partial charge is 0.410 e. The van der Waals surface area contributed by atoms with E-state index in [0.29, 0.717) is 44.8 Å². The minimum absolute atomic E-state index is 0.0340. The summed E-state index contributed by atoms with van der Waals surface area (Å²) in [6, 6.07) is 5.38. The van der Waals surface area contributed by atoms with Crippen molar-refractivity contribution in [3.05, 3.63) is 59.9 Å². The van der Waals surface area contributed by atoms with Crippen LogP contribution in [0.5, 0.6) is 5.75 Å². The van der Waals surface area contributed by atoms with Crippen LogP contribution in [0.4, 0.5) is 9.59 Å². The molecule has 1 aromatic heterocycles. The zero-order chi connectivity index (χ0) is 37.0. The highest BCUT2D eigenvalue weighted by atomic mass is 16.6. The summed E-state index contributed by atoms with van der Waals surface area (Å²) in [7, 11) is 0. The third-order valence-electron chi connectivity index (χ3n) is 9.89. The molecule has 0 bridgehead atoms. The number of carboxylic acid groups (broad SMARTS) is 1. The van der Waals surface area contributed by atoms with Gasteiger partial charge in [0.05, 0.1) is 13.1 Å². The van der Waals surface area contributed by atoms with Gasteiger partial charge in [-0.15, -0.1) is 0 Å². The van der Waals surface area contributed by atoms with Gasteiger partial charge in [-0.2, -0.15) is 5.10 Å². The fraction of sp³-hybridized carbons (Fsp3) is 0.568. The van der Waals surface area contributed by atoms with Crippen LogP contribution in [-0.4, -0.2) is 97.1 Å². The zero-order valence-electron chi connectivity index (χ0n) is 29.9. The van der Waals surface area contributed by atoms with E-state index in [1.165, 1.54) is 4.90 Å². The number of aliphatic carboxylic acids is 1. The van der Waals surface area contributed by atoms with E-state index in [2.05, 4.69) is 15.7 Å². The van der Waals surface area contributed by atoms with Crippen LogP contribution in [0.25, 0.3) is 0 Å². The molecule has 1 aliphatic carbocycles. The predicted octanol–water partition coefficient (Wildman–Crippen LogP) is 3.76. The second-order valence-corrected chi connectivity index (χ2v) is 15.0. The highest BCUT2D eigenvalue weighted by Gasteiger charge is 2.61. The van der Waals surface area contributed by atoms with Crippen molar-refractivity contribution in [2.45, 2.75) is 115 Å². The number of alkyl carbamates (subject to hydrolysis) is 1. The summed E-state index contributed by atoms with van der Waals surface area (Å²) >= 11 is 0. The first-order valence-electron chi connectivity index (χ1n) is 18.0. The van der Waals surface area contributed by atoms with Gasteiger partial charge in [0.2, 0.25) is 11.8 Å². The van der Waals surface area contributed by atoms with Gasteiger partial charge in [0.1, 0.15) is 41.7 Å². The van der Waals surface area contributed by atoms with Crippen LogP contribution >= 0.6 is 0 Å². The van der Waals surface area contributed by atoms with Crippen molar-refractivity contribution in [3.8, 4) is 5.75 Å². The molecular formula is C37H48N6O9. The van der Waals surface area contributed by atoms with Gasteiger partial charge in [0, 0.05) is 37.8 Å². The number of aromatic nitrogens is 2. The van der Waals surface area contributed by atoms with Crippen molar-refractivity contribution in [1.82, 2.24) is 30.2 Å². The quantitative estimate of drug-likeness (QED) is 0.357. The number of nitrogens with zero attached hydrogens (tertiary/aromatic N) is 4. The molecule has 15 heteroatoms. The van der Waals surface area contributed by atoms with E-state index in [-0.39, 0.29) is 25.3 Å². The Morgan fingerprint density at radius 1 is 1.12 bits per heavy atom. The van der Waals surface area contributed by atoms with Crippen molar-refractivity contribution in [2.24, 2.45) is 5.92 Å². The molecule has 280 valence electrons. The first kappa shape index (κ1) is 36.7. The average Bonchev–Trinajstić information content (AvgIpc) is 3.50. The average molecular weight is 721 g/mol. The van der Waals surface area contributed by atoms with E-state index in [1.54, 1.807) is 36.5 Å². The van der Waals surface area contributed by atoms with Gasteiger partial charge >= 0.3 is 18.2 Å². The van der Waals surface area contributed by atoms with Crippen LogP contribution < -0.4 is 15.4 Å². The Morgan fingerprint density at radius 3 is 2.67 bits per heavy atom. The highest BCUT2D eigenvalue weighted by molar-refractivity contribution is 5.96. The maximum atomic E-state index is 14.2. The molecule has 4 heterocycles. The Hall–Kier alpha value is -5.08. The molecule has 4 aliphatic rings. The summed E-state index contributed by atoms with van der Waals surface area (Å²) < 4.78 is 19.0. The highest BCUT2D eigenvalue weighted by Crippen LogP contribution is 2.45. The van der Waals surface area contributed by atoms with Gasteiger partial charge in [-0.05, 0) is 75.8 Å². The molecule has 4 amide bonds. The summed E-state index contributed by atoms with van der Waals surface area (Å²) in [6.07, 6.45) is 8.57. The van der Waals surface area contributed by atoms with Crippen molar-refractivity contribution < 1.29 is 43.3 Å². The number of ether oxygens (including phenoxy) is 3. The molecule has 15 nitrogen and oxygen atoms in total. The molecular weight excluding hydrogens is 672 g/mol. The van der Waals surface area contributed by atoms with E-state index in [9.17, 15) is 29.1 Å². The lowest BCUT2D eigenvalue weighted by Gasteiger charge is -2.30. The fourth-order valence-electron chi connectivity index (χ4n) is 7.09. The van der Waals surface area contributed by atoms with Crippen LogP contribution in [0.3, 0.4) is 0 Å². The molecule has 2 fully saturated rings. The topological polar surface area (TPSA) is 182 Å². The van der Waals surface area contributed by atoms with Crippen LogP contribution in [0.2, 0.25) is 0 Å². The van der Waals surface area contributed by atoms with Crippen LogP contribution in [0.1, 0.15) is 76.8 Å². The Morgan fingerprint density at radius 2 is 1.92 bits per heavy atom. The Labute approximate surface area is 302 Å². The third kappa shape index (κ3) is 8.68. The summed E-state index contributed by atoms with van der Waals surface area (Å²) in [5.74, 6) is -2.03. The molecule has 3 aliphatic heterocycles. The number of carbonyl (C=O) groups excluding carboxylic acids is 4. The Bertz CT molecular complexity index is 1690. The number of benzene rings is 1. The first-order chi connectivity index (χ1) is 24.8. The van der Waals surface area contributed by atoms with Crippen molar-refractivity contribution in [2.75, 3.05) is 13.2 Å². The SMILES string of the molecule is CC(C)(C)OC(=O)N[C@H]1CCCCCC=C[C@@H]2C[C@@]2(C(=O)O)NC(=O)[C@@H]2C[C@@H](OC(=O)N3Cc4ccc(OCCn5cccn5)cc4C3)CN2C1=O. The van der Waals surface area contributed by atoms with Gasteiger partial charge in [-0.3, -0.25) is 19.2 Å². The number of carbonyl (C=O) groups is 5. The molecule has 0 unspecified atom stereocenters. The van der Waals surface area contributed by atoms with Gasteiger partial charge in [-0.25, -0.2) is 14.4 Å².